The molecule has 0 saturated heterocycles. The summed E-state index contributed by atoms with van der Waals surface area (Å²) in [5.74, 6) is -0.200. The quantitative estimate of drug-likeness (QED) is 0.548. The summed E-state index contributed by atoms with van der Waals surface area (Å²) in [7, 11) is 4.10. The summed E-state index contributed by atoms with van der Waals surface area (Å²) in [5, 5.41) is 15.6. The first-order chi connectivity index (χ1) is 15.2. The fourth-order valence-electron chi connectivity index (χ4n) is 4.34. The molecule has 0 aliphatic heterocycles. The van der Waals surface area contributed by atoms with Gasteiger partial charge in [0, 0.05) is 22.5 Å². The van der Waals surface area contributed by atoms with E-state index in [4.69, 9.17) is 11.6 Å². The Morgan fingerprint density at radius 3 is 2.94 bits per heavy atom. The van der Waals surface area contributed by atoms with Gasteiger partial charge in [-0.25, -0.2) is 0 Å². The molecule has 0 fully saturated rings. The van der Waals surface area contributed by atoms with Crippen molar-refractivity contribution >= 4 is 23.2 Å². The maximum Gasteiger partial charge on any atom is 0.276 e. The molecule has 8 heteroatoms. The van der Waals surface area contributed by atoms with Gasteiger partial charge in [-0.15, -0.1) is 0 Å². The van der Waals surface area contributed by atoms with E-state index in [0.717, 1.165) is 49.0 Å². The van der Waals surface area contributed by atoms with Gasteiger partial charge in [0.15, 0.2) is 5.69 Å². The highest BCUT2D eigenvalue weighted by atomic mass is 35.5. The van der Waals surface area contributed by atoms with Gasteiger partial charge in [-0.3, -0.25) is 14.6 Å². The Bertz CT molecular complexity index is 1100. The maximum atomic E-state index is 13.0. The summed E-state index contributed by atoms with van der Waals surface area (Å²) in [6.07, 6.45) is 7.25. The Morgan fingerprint density at radius 1 is 1.38 bits per heavy atom. The third-order valence-electron chi connectivity index (χ3n) is 6.14. The largest absolute Gasteiger partial charge is 0.318 e. The van der Waals surface area contributed by atoms with Crippen LogP contribution in [0.15, 0.2) is 36.7 Å². The third-order valence-corrected chi connectivity index (χ3v) is 6.37. The molecule has 4 rings (SSSR count). The molecule has 1 amide bonds. The highest BCUT2D eigenvalue weighted by Gasteiger charge is 2.30. The average molecular weight is 455 g/mol. The van der Waals surface area contributed by atoms with Crippen LogP contribution in [0.2, 0.25) is 5.02 Å². The van der Waals surface area contributed by atoms with Gasteiger partial charge in [0.1, 0.15) is 0 Å². The summed E-state index contributed by atoms with van der Waals surface area (Å²) >= 11 is 6.24. The van der Waals surface area contributed by atoms with E-state index in [-0.39, 0.29) is 17.4 Å². The molecule has 32 heavy (non-hydrogen) atoms. The second kappa shape index (κ2) is 9.08. The van der Waals surface area contributed by atoms with Crippen molar-refractivity contribution in [2.75, 3.05) is 26.0 Å². The zero-order valence-corrected chi connectivity index (χ0v) is 19.9. The third kappa shape index (κ3) is 5.05. The minimum Gasteiger partial charge on any atom is -0.318 e. The number of nitrogens with zero attached hydrogens (tertiary/aromatic N) is 4. The number of amides is 1. The summed E-state index contributed by atoms with van der Waals surface area (Å²) in [6.45, 7) is 5.39. The minimum absolute atomic E-state index is 0.0159. The monoisotopic (exact) mass is 454 g/mol. The van der Waals surface area contributed by atoms with Crippen LogP contribution < -0.4 is 5.32 Å². The predicted molar refractivity (Wildman–Crippen MR) is 127 cm³/mol. The number of fused-ring (bicyclic) bond motifs is 1. The standard InChI is InChI=1S/C24H31ClN6O/c1-24(2)10-8-19-20(13-24)28-29-22(19)23(32)27-18-14-26-31(15-18)21(9-11-30(3)4)16-6-5-7-17(25)12-16/h5-7,12,14-15,21H,8-11,13H2,1-4H3,(H,27,32)(H,28,29)/t21-/m0/s1. The molecule has 0 saturated carbocycles. The number of carbonyl (C=O) groups excluding carboxylic acids is 1. The number of halogens is 1. The Kier molecular flexibility index (Phi) is 6.40. The van der Waals surface area contributed by atoms with Gasteiger partial charge in [0.05, 0.1) is 17.9 Å². The van der Waals surface area contributed by atoms with E-state index in [1.54, 1.807) is 6.20 Å². The molecular formula is C24H31ClN6O. The summed E-state index contributed by atoms with van der Waals surface area (Å²) in [5.41, 5.74) is 4.58. The second-order valence-corrected chi connectivity index (χ2v) is 10.1. The van der Waals surface area contributed by atoms with E-state index in [9.17, 15) is 4.79 Å². The molecule has 0 radical (unpaired) electrons. The molecule has 2 N–H and O–H groups in total. The first-order valence-electron chi connectivity index (χ1n) is 11.0. The van der Waals surface area contributed by atoms with Crippen molar-refractivity contribution in [1.82, 2.24) is 24.9 Å². The van der Waals surface area contributed by atoms with Crippen molar-refractivity contribution in [2.45, 2.75) is 45.6 Å². The maximum absolute atomic E-state index is 13.0. The average Bonchev–Trinajstić information content (AvgIpc) is 3.34. The van der Waals surface area contributed by atoms with Gasteiger partial charge in [0.25, 0.3) is 5.91 Å². The zero-order valence-electron chi connectivity index (χ0n) is 19.2. The van der Waals surface area contributed by atoms with Gasteiger partial charge in [-0.2, -0.15) is 10.2 Å². The van der Waals surface area contributed by atoms with E-state index in [1.165, 1.54) is 0 Å². The number of H-pyrrole nitrogens is 1. The number of benzene rings is 1. The van der Waals surface area contributed by atoms with Gasteiger partial charge in [0.2, 0.25) is 0 Å². The summed E-state index contributed by atoms with van der Waals surface area (Å²) in [4.78, 5) is 15.1. The van der Waals surface area contributed by atoms with Crippen molar-refractivity contribution in [3.63, 3.8) is 0 Å². The number of aromatic nitrogens is 4. The van der Waals surface area contributed by atoms with Crippen LogP contribution in [0, 0.1) is 5.41 Å². The number of hydrogen-bond acceptors (Lipinski definition) is 4. The molecule has 2 heterocycles. The van der Waals surface area contributed by atoms with Gasteiger partial charge >= 0.3 is 0 Å². The van der Waals surface area contributed by atoms with E-state index >= 15 is 0 Å². The predicted octanol–water partition coefficient (Wildman–Crippen LogP) is 4.57. The molecule has 1 aliphatic rings. The van der Waals surface area contributed by atoms with Crippen LogP contribution in [0.25, 0.3) is 0 Å². The van der Waals surface area contributed by atoms with Crippen LogP contribution in [0.5, 0.6) is 0 Å². The van der Waals surface area contributed by atoms with E-state index < -0.39 is 0 Å². The number of anilines is 1. The number of hydrogen-bond donors (Lipinski definition) is 2. The van der Waals surface area contributed by atoms with Crippen LogP contribution >= 0.6 is 11.6 Å². The highest BCUT2D eigenvalue weighted by Crippen LogP contribution is 2.35. The molecule has 0 spiro atoms. The SMILES string of the molecule is CN(C)CC[C@@H](c1cccc(Cl)c1)n1cc(NC(=O)c2n[nH]c3c2CCC(C)(C)C3)cn1. The number of nitrogens with one attached hydrogen (secondary N) is 2. The topological polar surface area (TPSA) is 78.8 Å². The minimum atomic E-state index is -0.200. The molecule has 7 nitrogen and oxygen atoms in total. The lowest BCUT2D eigenvalue weighted by Crippen LogP contribution is -2.23. The smallest absolute Gasteiger partial charge is 0.276 e. The van der Waals surface area contributed by atoms with Crippen LogP contribution in [0.1, 0.15) is 60.0 Å². The lowest BCUT2D eigenvalue weighted by Gasteiger charge is -2.28. The van der Waals surface area contributed by atoms with Crippen molar-refractivity contribution in [2.24, 2.45) is 5.41 Å². The first-order valence-corrected chi connectivity index (χ1v) is 11.4. The van der Waals surface area contributed by atoms with Gasteiger partial charge < -0.3 is 10.2 Å². The summed E-state index contributed by atoms with van der Waals surface area (Å²) in [6, 6.07) is 7.87. The Morgan fingerprint density at radius 2 is 2.19 bits per heavy atom. The fraction of sp³-hybridized carbons (Fsp3) is 0.458. The van der Waals surface area contributed by atoms with E-state index in [0.29, 0.717) is 16.4 Å². The van der Waals surface area contributed by atoms with Crippen LogP contribution in [0.3, 0.4) is 0 Å². The molecule has 1 atom stereocenters. The molecule has 1 aliphatic carbocycles. The first kappa shape index (κ1) is 22.6. The second-order valence-electron chi connectivity index (χ2n) is 9.70. The Balaban J connectivity index is 1.52. The zero-order chi connectivity index (χ0) is 22.9. The van der Waals surface area contributed by atoms with Crippen molar-refractivity contribution in [3.8, 4) is 0 Å². The summed E-state index contributed by atoms with van der Waals surface area (Å²) < 4.78 is 1.90. The van der Waals surface area contributed by atoms with Crippen molar-refractivity contribution in [3.05, 3.63) is 64.2 Å². The molecule has 3 aromatic rings. The van der Waals surface area contributed by atoms with E-state index in [1.807, 2.05) is 29.1 Å². The molecule has 2 aromatic heterocycles. The van der Waals surface area contributed by atoms with Crippen molar-refractivity contribution < 1.29 is 4.79 Å². The Hall–Kier alpha value is -2.64. The fourth-order valence-corrected chi connectivity index (χ4v) is 4.54. The van der Waals surface area contributed by atoms with Crippen LogP contribution in [-0.4, -0.2) is 51.4 Å². The normalized spacial score (nSPS) is 16.1. The van der Waals surface area contributed by atoms with E-state index in [2.05, 4.69) is 59.5 Å². The number of aromatic amines is 1. The number of carbonyl (C=O) groups is 1. The Labute approximate surface area is 194 Å². The van der Waals surface area contributed by atoms with Gasteiger partial charge in [-0.05, 0) is 69.4 Å². The highest BCUT2D eigenvalue weighted by molar-refractivity contribution is 6.30. The lowest BCUT2D eigenvalue weighted by molar-refractivity contribution is 0.102. The molecule has 0 unspecified atom stereocenters. The molecule has 0 bridgehead atoms. The van der Waals surface area contributed by atoms with Gasteiger partial charge in [-0.1, -0.05) is 37.6 Å². The molecule has 1 aromatic carbocycles. The lowest BCUT2D eigenvalue weighted by atomic mass is 9.76. The molecular weight excluding hydrogens is 424 g/mol. The van der Waals surface area contributed by atoms with Crippen LogP contribution in [-0.2, 0) is 12.8 Å². The van der Waals surface area contributed by atoms with Crippen molar-refractivity contribution in [1.29, 1.82) is 0 Å². The number of rotatable bonds is 7. The van der Waals surface area contributed by atoms with Crippen LogP contribution in [0.4, 0.5) is 5.69 Å². The molecule has 170 valence electrons.